The van der Waals surface area contributed by atoms with Crippen LogP contribution in [-0.2, 0) is 11.3 Å². The number of nitrogens with zero attached hydrogens (tertiary/aromatic N) is 4. The van der Waals surface area contributed by atoms with E-state index in [1.807, 2.05) is 36.4 Å². The van der Waals surface area contributed by atoms with Gasteiger partial charge in [0, 0.05) is 18.1 Å². The molecule has 31 heavy (non-hydrogen) atoms. The standard InChI is InChI=1S/C21H20N6O4/c1-2-30-21(29)25-24-19-20(28)27(31-13-15-6-4-3-5-7-15)18-12-16(8-9-17(18)23-19)26-11-10-22-14-26/h3-12,14H,2,13H2,1H3,(H,23,24)(H,25,29). The second-order valence-electron chi connectivity index (χ2n) is 6.43. The predicted molar refractivity (Wildman–Crippen MR) is 114 cm³/mol. The first-order chi connectivity index (χ1) is 15.2. The lowest BCUT2D eigenvalue weighted by Crippen LogP contribution is -2.37. The summed E-state index contributed by atoms with van der Waals surface area (Å²) in [5.74, 6) is -0.107. The van der Waals surface area contributed by atoms with Gasteiger partial charge in [-0.15, -0.1) is 4.73 Å². The van der Waals surface area contributed by atoms with Crippen LogP contribution in [0, 0.1) is 0 Å². The molecule has 4 aromatic rings. The molecule has 10 nitrogen and oxygen atoms in total. The third-order valence-corrected chi connectivity index (χ3v) is 4.36. The Labute approximate surface area is 177 Å². The Bertz CT molecular complexity index is 1240. The van der Waals surface area contributed by atoms with E-state index in [0.29, 0.717) is 11.0 Å². The fourth-order valence-corrected chi connectivity index (χ4v) is 2.92. The maximum atomic E-state index is 13.1. The van der Waals surface area contributed by atoms with Gasteiger partial charge in [-0.05, 0) is 30.7 Å². The van der Waals surface area contributed by atoms with Crippen LogP contribution in [0.1, 0.15) is 12.5 Å². The molecule has 0 fully saturated rings. The molecule has 2 heterocycles. The molecular weight excluding hydrogens is 400 g/mol. The smallest absolute Gasteiger partial charge is 0.425 e. The van der Waals surface area contributed by atoms with Crippen molar-refractivity contribution in [1.82, 2.24) is 24.7 Å². The van der Waals surface area contributed by atoms with Crippen LogP contribution in [0.5, 0.6) is 0 Å². The molecule has 0 unspecified atom stereocenters. The average Bonchev–Trinajstić information content (AvgIpc) is 3.33. The molecule has 2 aromatic heterocycles. The number of fused-ring (bicyclic) bond motifs is 1. The zero-order valence-corrected chi connectivity index (χ0v) is 16.7. The number of rotatable bonds is 7. The van der Waals surface area contributed by atoms with Crippen LogP contribution in [0.4, 0.5) is 10.6 Å². The summed E-state index contributed by atoms with van der Waals surface area (Å²) >= 11 is 0. The van der Waals surface area contributed by atoms with Crippen molar-refractivity contribution in [2.24, 2.45) is 0 Å². The Morgan fingerprint density at radius 1 is 1.16 bits per heavy atom. The van der Waals surface area contributed by atoms with Crippen LogP contribution in [0.25, 0.3) is 16.7 Å². The number of aromatic nitrogens is 4. The van der Waals surface area contributed by atoms with E-state index < -0.39 is 11.7 Å². The third kappa shape index (κ3) is 4.47. The van der Waals surface area contributed by atoms with Crippen LogP contribution >= 0.6 is 0 Å². The first kappa shape index (κ1) is 20.0. The van der Waals surface area contributed by atoms with Crippen LogP contribution in [0.3, 0.4) is 0 Å². The number of hydrazine groups is 1. The number of carbonyl (C=O) groups is 1. The highest BCUT2D eigenvalue weighted by molar-refractivity contribution is 5.79. The molecule has 0 aliphatic heterocycles. The predicted octanol–water partition coefficient (Wildman–Crippen LogP) is 2.28. The van der Waals surface area contributed by atoms with Gasteiger partial charge in [0.1, 0.15) is 12.1 Å². The molecule has 158 valence electrons. The van der Waals surface area contributed by atoms with E-state index in [0.717, 1.165) is 16.0 Å². The van der Waals surface area contributed by atoms with Gasteiger partial charge in [-0.25, -0.2) is 20.2 Å². The number of hydrogen-bond donors (Lipinski definition) is 2. The molecule has 0 radical (unpaired) electrons. The molecule has 1 amide bonds. The highest BCUT2D eigenvalue weighted by atomic mass is 16.7. The monoisotopic (exact) mass is 420 g/mol. The van der Waals surface area contributed by atoms with E-state index in [1.54, 1.807) is 42.3 Å². The molecule has 2 N–H and O–H groups in total. The van der Waals surface area contributed by atoms with Gasteiger partial charge in [-0.1, -0.05) is 30.3 Å². The van der Waals surface area contributed by atoms with Gasteiger partial charge in [0.2, 0.25) is 5.82 Å². The molecule has 10 heteroatoms. The molecule has 0 aliphatic rings. The van der Waals surface area contributed by atoms with Gasteiger partial charge in [-0.3, -0.25) is 10.2 Å². The van der Waals surface area contributed by atoms with Crippen molar-refractivity contribution in [2.75, 3.05) is 12.0 Å². The number of carbonyl (C=O) groups excluding carboxylic acids is 1. The number of amides is 1. The van der Waals surface area contributed by atoms with Crippen LogP contribution in [0.15, 0.2) is 72.0 Å². The fraction of sp³-hybridized carbons (Fsp3) is 0.143. The van der Waals surface area contributed by atoms with Gasteiger partial charge in [-0.2, -0.15) is 0 Å². The average molecular weight is 420 g/mol. The minimum Gasteiger partial charge on any atom is -0.449 e. The highest BCUT2D eigenvalue weighted by Crippen LogP contribution is 2.17. The van der Waals surface area contributed by atoms with Gasteiger partial charge >= 0.3 is 11.7 Å². The summed E-state index contributed by atoms with van der Waals surface area (Å²) in [5.41, 5.74) is 6.86. The normalized spacial score (nSPS) is 10.6. The molecule has 0 aliphatic carbocycles. The molecule has 0 spiro atoms. The number of hydrogen-bond acceptors (Lipinski definition) is 7. The van der Waals surface area contributed by atoms with Gasteiger partial charge < -0.3 is 14.1 Å². The summed E-state index contributed by atoms with van der Waals surface area (Å²) in [5, 5.41) is 0. The van der Waals surface area contributed by atoms with Crippen molar-refractivity contribution in [1.29, 1.82) is 0 Å². The van der Waals surface area contributed by atoms with E-state index in [4.69, 9.17) is 9.57 Å². The second kappa shape index (κ2) is 8.99. The van der Waals surface area contributed by atoms with Gasteiger partial charge in [0.15, 0.2) is 0 Å². The summed E-state index contributed by atoms with van der Waals surface area (Å²) in [6.45, 7) is 2.04. The Balaban J connectivity index is 1.74. The summed E-state index contributed by atoms with van der Waals surface area (Å²) in [7, 11) is 0. The lowest BCUT2D eigenvalue weighted by atomic mass is 10.2. The second-order valence-corrected chi connectivity index (χ2v) is 6.43. The Kier molecular flexibility index (Phi) is 5.79. The van der Waals surface area contributed by atoms with Crippen molar-refractivity contribution in [3.05, 3.63) is 83.2 Å². The van der Waals surface area contributed by atoms with Crippen LogP contribution in [0.2, 0.25) is 0 Å². The van der Waals surface area contributed by atoms with Crippen molar-refractivity contribution in [2.45, 2.75) is 13.5 Å². The zero-order valence-electron chi connectivity index (χ0n) is 16.7. The molecule has 2 aromatic carbocycles. The molecule has 4 rings (SSSR count). The van der Waals surface area contributed by atoms with Gasteiger partial charge in [0.05, 0.1) is 18.5 Å². The van der Waals surface area contributed by atoms with E-state index in [2.05, 4.69) is 20.8 Å². The van der Waals surface area contributed by atoms with Crippen molar-refractivity contribution < 1.29 is 14.4 Å². The van der Waals surface area contributed by atoms with Crippen molar-refractivity contribution in [3.63, 3.8) is 0 Å². The summed E-state index contributed by atoms with van der Waals surface area (Å²) in [6.07, 6.45) is 4.38. The van der Waals surface area contributed by atoms with E-state index in [-0.39, 0.29) is 19.0 Å². The largest absolute Gasteiger partial charge is 0.449 e. The number of benzene rings is 2. The lowest BCUT2D eigenvalue weighted by molar-refractivity contribution is 0.0992. The highest BCUT2D eigenvalue weighted by Gasteiger charge is 2.14. The Hall–Kier alpha value is -4.34. The topological polar surface area (TPSA) is 112 Å². The Morgan fingerprint density at radius 2 is 2.00 bits per heavy atom. The molecule has 0 bridgehead atoms. The molecule has 0 atom stereocenters. The van der Waals surface area contributed by atoms with Crippen LogP contribution in [-0.4, -0.2) is 32.0 Å². The quantitative estimate of drug-likeness (QED) is 0.441. The number of nitrogens with one attached hydrogen (secondary N) is 2. The molecule has 0 saturated carbocycles. The Morgan fingerprint density at radius 3 is 2.74 bits per heavy atom. The first-order valence-electron chi connectivity index (χ1n) is 9.57. The van der Waals surface area contributed by atoms with E-state index in [9.17, 15) is 9.59 Å². The number of anilines is 1. The minimum absolute atomic E-state index is 0.107. The van der Waals surface area contributed by atoms with E-state index >= 15 is 0 Å². The van der Waals surface area contributed by atoms with Crippen molar-refractivity contribution >= 4 is 22.9 Å². The summed E-state index contributed by atoms with van der Waals surface area (Å²) in [6, 6.07) is 14.8. The van der Waals surface area contributed by atoms with Crippen LogP contribution < -0.4 is 21.2 Å². The minimum atomic E-state index is -0.726. The van der Waals surface area contributed by atoms with Gasteiger partial charge in [0.25, 0.3) is 0 Å². The third-order valence-electron chi connectivity index (χ3n) is 4.36. The SMILES string of the molecule is CCOC(=O)NNc1nc2ccc(-n3ccnc3)cc2n(OCc2ccccc2)c1=O. The van der Waals surface area contributed by atoms with Crippen molar-refractivity contribution in [3.8, 4) is 5.69 Å². The zero-order chi connectivity index (χ0) is 21.6. The number of imidazole rings is 1. The fourth-order valence-electron chi connectivity index (χ4n) is 2.92. The first-order valence-corrected chi connectivity index (χ1v) is 9.57. The maximum Gasteiger partial charge on any atom is 0.425 e. The summed E-state index contributed by atoms with van der Waals surface area (Å²) in [4.78, 5) is 38.9. The molecular formula is C21H20N6O4. The molecule has 0 saturated heterocycles. The maximum absolute atomic E-state index is 13.1. The van der Waals surface area contributed by atoms with E-state index in [1.165, 1.54) is 0 Å². The number of ether oxygens (including phenoxy) is 1. The lowest BCUT2D eigenvalue weighted by Gasteiger charge is -2.15. The summed E-state index contributed by atoms with van der Waals surface area (Å²) < 4.78 is 7.76.